The van der Waals surface area contributed by atoms with Crippen LogP contribution in [0.4, 0.5) is 10.1 Å². The Kier molecular flexibility index (Phi) is 6.19. The third-order valence-corrected chi connectivity index (χ3v) is 7.39. The van der Waals surface area contributed by atoms with Gasteiger partial charge in [0.05, 0.1) is 10.2 Å². The summed E-state index contributed by atoms with van der Waals surface area (Å²) in [4.78, 5) is 17.0. The Morgan fingerprint density at radius 3 is 2.61 bits per heavy atom. The third-order valence-electron chi connectivity index (χ3n) is 5.18. The van der Waals surface area contributed by atoms with Crippen molar-refractivity contribution in [3.05, 3.63) is 108 Å². The fraction of sp³-hybridized carbons (Fsp3) is 0.0370. The Bertz CT molecular complexity index is 1480. The van der Waals surface area contributed by atoms with Crippen molar-refractivity contribution >= 4 is 61.8 Å². The standard InChI is InChI=1S/C27H19FN2OS2/c28-23-13-11-19(21-8-4-5-9-22(21)23)17-32-27-30-24-14-12-20(16-25(24)33-27)29-26(31)15-10-18-6-2-1-3-7-18/h1-16H,17H2,(H,29,31)/b15-10-. The molecule has 0 spiro atoms. The van der Waals surface area contributed by atoms with Gasteiger partial charge in [0.25, 0.3) is 0 Å². The van der Waals surface area contributed by atoms with Crippen molar-refractivity contribution < 1.29 is 9.18 Å². The summed E-state index contributed by atoms with van der Waals surface area (Å²) in [6.07, 6.45) is 3.31. The minimum Gasteiger partial charge on any atom is -0.322 e. The molecule has 0 bridgehead atoms. The van der Waals surface area contributed by atoms with Gasteiger partial charge in [-0.3, -0.25) is 4.79 Å². The van der Waals surface area contributed by atoms with Gasteiger partial charge in [-0.1, -0.05) is 72.4 Å². The van der Waals surface area contributed by atoms with Crippen molar-refractivity contribution in [2.45, 2.75) is 10.1 Å². The molecule has 0 aliphatic carbocycles. The van der Waals surface area contributed by atoms with E-state index in [-0.39, 0.29) is 11.7 Å². The normalized spacial score (nSPS) is 11.4. The molecule has 0 fully saturated rings. The monoisotopic (exact) mass is 470 g/mol. The van der Waals surface area contributed by atoms with Crippen molar-refractivity contribution in [3.63, 3.8) is 0 Å². The number of hydrogen-bond acceptors (Lipinski definition) is 4. The van der Waals surface area contributed by atoms with Crippen molar-refractivity contribution in [2.24, 2.45) is 0 Å². The van der Waals surface area contributed by atoms with Crippen LogP contribution in [0.2, 0.25) is 0 Å². The van der Waals surface area contributed by atoms with E-state index in [2.05, 4.69) is 5.32 Å². The second kappa shape index (κ2) is 9.57. The first-order valence-corrected chi connectivity index (χ1v) is 12.2. The summed E-state index contributed by atoms with van der Waals surface area (Å²) >= 11 is 3.22. The van der Waals surface area contributed by atoms with Gasteiger partial charge in [-0.05, 0) is 46.9 Å². The van der Waals surface area contributed by atoms with E-state index in [0.717, 1.165) is 36.8 Å². The Labute approximate surface area is 199 Å². The lowest BCUT2D eigenvalue weighted by Crippen LogP contribution is -2.07. The number of carbonyl (C=O) groups excluding carboxylic acids is 1. The molecule has 0 aliphatic heterocycles. The summed E-state index contributed by atoms with van der Waals surface area (Å²) < 4.78 is 16.0. The molecule has 162 valence electrons. The molecule has 1 N–H and O–H groups in total. The van der Waals surface area contributed by atoms with E-state index >= 15 is 0 Å². The minimum atomic E-state index is -0.201. The second-order valence-electron chi connectivity index (χ2n) is 7.44. The minimum absolute atomic E-state index is 0.180. The largest absolute Gasteiger partial charge is 0.322 e. The van der Waals surface area contributed by atoms with Crippen LogP contribution < -0.4 is 5.32 Å². The number of aromatic nitrogens is 1. The molecule has 1 heterocycles. The molecule has 5 rings (SSSR count). The fourth-order valence-corrected chi connectivity index (χ4v) is 5.66. The maximum Gasteiger partial charge on any atom is 0.248 e. The van der Waals surface area contributed by atoms with Gasteiger partial charge in [0, 0.05) is 22.9 Å². The van der Waals surface area contributed by atoms with Crippen molar-refractivity contribution in [2.75, 3.05) is 5.32 Å². The van der Waals surface area contributed by atoms with E-state index in [9.17, 15) is 9.18 Å². The maximum atomic E-state index is 14.1. The molecule has 0 radical (unpaired) electrons. The highest BCUT2D eigenvalue weighted by molar-refractivity contribution is 8.00. The Morgan fingerprint density at radius 1 is 0.970 bits per heavy atom. The van der Waals surface area contributed by atoms with Gasteiger partial charge in [-0.2, -0.15) is 0 Å². The first-order valence-electron chi connectivity index (χ1n) is 10.4. The Morgan fingerprint density at radius 2 is 1.76 bits per heavy atom. The molecule has 0 saturated heterocycles. The quantitative estimate of drug-likeness (QED) is 0.206. The van der Waals surface area contributed by atoms with E-state index in [1.54, 1.807) is 35.2 Å². The van der Waals surface area contributed by atoms with Crippen LogP contribution in [0, 0.1) is 5.82 Å². The zero-order valence-electron chi connectivity index (χ0n) is 17.5. The molecule has 1 aromatic heterocycles. The number of thiazole rings is 1. The number of anilines is 1. The molecule has 0 aliphatic rings. The second-order valence-corrected chi connectivity index (χ2v) is 9.69. The summed E-state index contributed by atoms with van der Waals surface area (Å²) in [5.41, 5.74) is 3.68. The summed E-state index contributed by atoms with van der Waals surface area (Å²) in [6.45, 7) is 0. The van der Waals surface area contributed by atoms with Gasteiger partial charge < -0.3 is 5.32 Å². The summed E-state index contributed by atoms with van der Waals surface area (Å²) in [5, 5.41) is 4.48. The number of carbonyl (C=O) groups is 1. The van der Waals surface area contributed by atoms with Crippen LogP contribution in [0.1, 0.15) is 11.1 Å². The first-order chi connectivity index (χ1) is 16.2. The van der Waals surface area contributed by atoms with Crippen LogP contribution in [0.25, 0.3) is 27.1 Å². The molecular formula is C27H19FN2OS2. The molecule has 4 aromatic carbocycles. The van der Waals surface area contributed by atoms with Gasteiger partial charge in [0.2, 0.25) is 5.91 Å². The van der Waals surface area contributed by atoms with Crippen LogP contribution in [0.15, 0.2) is 95.3 Å². The lowest BCUT2D eigenvalue weighted by molar-refractivity contribution is -0.111. The molecule has 0 unspecified atom stereocenters. The molecule has 1 amide bonds. The van der Waals surface area contributed by atoms with Gasteiger partial charge in [-0.25, -0.2) is 9.37 Å². The number of fused-ring (bicyclic) bond motifs is 2. The van der Waals surface area contributed by atoms with Gasteiger partial charge in [0.1, 0.15) is 5.82 Å². The number of benzene rings is 4. The van der Waals surface area contributed by atoms with E-state index < -0.39 is 0 Å². The Hall–Kier alpha value is -3.48. The summed E-state index contributed by atoms with van der Waals surface area (Å²) in [6, 6.07) is 26.3. The molecule has 0 saturated carbocycles. The average Bonchev–Trinajstić information content (AvgIpc) is 3.25. The number of amides is 1. The van der Waals surface area contributed by atoms with Gasteiger partial charge in [-0.15, -0.1) is 11.3 Å². The number of rotatable bonds is 6. The van der Waals surface area contributed by atoms with E-state index in [4.69, 9.17) is 4.98 Å². The van der Waals surface area contributed by atoms with Gasteiger partial charge >= 0.3 is 0 Å². The highest BCUT2D eigenvalue weighted by Crippen LogP contribution is 2.34. The van der Waals surface area contributed by atoms with Crippen molar-refractivity contribution in [1.82, 2.24) is 4.98 Å². The van der Waals surface area contributed by atoms with Crippen LogP contribution in [-0.4, -0.2) is 10.9 Å². The van der Waals surface area contributed by atoms with Crippen LogP contribution >= 0.6 is 23.1 Å². The molecule has 6 heteroatoms. The third kappa shape index (κ3) is 4.97. The fourth-order valence-electron chi connectivity index (χ4n) is 3.55. The Balaban J connectivity index is 1.28. The summed E-state index contributed by atoms with van der Waals surface area (Å²) in [7, 11) is 0. The highest BCUT2D eigenvalue weighted by Gasteiger charge is 2.10. The van der Waals surface area contributed by atoms with Crippen LogP contribution in [-0.2, 0) is 10.5 Å². The smallest absolute Gasteiger partial charge is 0.248 e. The molecule has 0 atom stereocenters. The van der Waals surface area contributed by atoms with Crippen molar-refractivity contribution in [3.8, 4) is 0 Å². The number of thioether (sulfide) groups is 1. The van der Waals surface area contributed by atoms with E-state index in [1.807, 2.05) is 72.8 Å². The topological polar surface area (TPSA) is 42.0 Å². The first kappa shape index (κ1) is 21.4. The number of nitrogens with zero attached hydrogens (tertiary/aromatic N) is 1. The van der Waals surface area contributed by atoms with Crippen molar-refractivity contribution in [1.29, 1.82) is 0 Å². The maximum absolute atomic E-state index is 14.1. The summed E-state index contributed by atoms with van der Waals surface area (Å²) in [5.74, 6) is 0.321. The predicted molar refractivity (Wildman–Crippen MR) is 137 cm³/mol. The van der Waals surface area contributed by atoms with Gasteiger partial charge in [0.15, 0.2) is 4.34 Å². The number of nitrogens with one attached hydrogen (secondary N) is 1. The van der Waals surface area contributed by atoms with Crippen LogP contribution in [0.3, 0.4) is 0 Å². The SMILES string of the molecule is O=C(/C=C\c1ccccc1)Nc1ccc2nc(SCc3ccc(F)c4ccccc34)sc2c1. The lowest BCUT2D eigenvalue weighted by atomic mass is 10.1. The highest BCUT2D eigenvalue weighted by atomic mass is 32.2. The van der Waals surface area contributed by atoms with Crippen LogP contribution in [0.5, 0.6) is 0 Å². The lowest BCUT2D eigenvalue weighted by Gasteiger charge is -2.06. The molecule has 5 aromatic rings. The molecular weight excluding hydrogens is 451 g/mol. The zero-order chi connectivity index (χ0) is 22.6. The predicted octanol–water partition coefficient (Wildman–Crippen LogP) is 7.53. The number of hydrogen-bond donors (Lipinski definition) is 1. The number of halogens is 1. The molecule has 3 nitrogen and oxygen atoms in total. The molecule has 33 heavy (non-hydrogen) atoms. The zero-order valence-corrected chi connectivity index (χ0v) is 19.1. The average molecular weight is 471 g/mol. The van der Waals surface area contributed by atoms with E-state index in [0.29, 0.717) is 11.1 Å². The van der Waals surface area contributed by atoms with E-state index in [1.165, 1.54) is 12.1 Å².